The number of piperazine rings is 1. The standard InChI is InChI=1S/C25H34N4O5S/c1-4-34-25(32)29-14-12-28(13-15-29)22(30)11-8-16-35-24-26-21(18-33-3)20(23(31)27(24)2)17-19-9-6-5-7-10-19/h5-7,9-10H,4,8,11-18H2,1-3H3. The number of methoxy groups -OCH3 is 1. The van der Waals surface area contributed by atoms with Crippen LogP contribution < -0.4 is 5.56 Å². The van der Waals surface area contributed by atoms with Crippen molar-refractivity contribution in [2.75, 3.05) is 45.6 Å². The van der Waals surface area contributed by atoms with E-state index >= 15 is 0 Å². The van der Waals surface area contributed by atoms with Crippen molar-refractivity contribution in [2.45, 2.75) is 37.9 Å². The first-order valence-corrected chi connectivity index (χ1v) is 12.9. The lowest BCUT2D eigenvalue weighted by Crippen LogP contribution is -2.50. The first kappa shape index (κ1) is 26.7. The summed E-state index contributed by atoms with van der Waals surface area (Å²) in [4.78, 5) is 45.7. The molecule has 2 heterocycles. The number of carbonyl (C=O) groups is 2. The van der Waals surface area contributed by atoms with Gasteiger partial charge >= 0.3 is 6.09 Å². The minimum atomic E-state index is -0.322. The molecule has 35 heavy (non-hydrogen) atoms. The van der Waals surface area contributed by atoms with E-state index in [4.69, 9.17) is 14.5 Å². The molecule has 1 aromatic heterocycles. The van der Waals surface area contributed by atoms with Gasteiger partial charge in [0, 0.05) is 64.5 Å². The molecule has 3 rings (SSSR count). The number of benzene rings is 1. The van der Waals surface area contributed by atoms with Gasteiger partial charge in [-0.2, -0.15) is 0 Å². The number of amides is 2. The van der Waals surface area contributed by atoms with Crippen molar-refractivity contribution in [1.82, 2.24) is 19.4 Å². The molecule has 0 aliphatic carbocycles. The summed E-state index contributed by atoms with van der Waals surface area (Å²) >= 11 is 1.47. The fourth-order valence-electron chi connectivity index (χ4n) is 3.93. The van der Waals surface area contributed by atoms with Crippen LogP contribution in [0.1, 0.15) is 36.6 Å². The molecule has 190 valence electrons. The van der Waals surface area contributed by atoms with E-state index in [1.165, 1.54) is 11.8 Å². The first-order chi connectivity index (χ1) is 16.9. The zero-order valence-electron chi connectivity index (χ0n) is 20.7. The van der Waals surface area contributed by atoms with Crippen LogP contribution in [0.2, 0.25) is 0 Å². The first-order valence-electron chi connectivity index (χ1n) is 11.9. The lowest BCUT2D eigenvalue weighted by atomic mass is 10.0. The molecule has 0 atom stereocenters. The molecule has 0 saturated carbocycles. The molecule has 0 unspecified atom stereocenters. The molecular formula is C25H34N4O5S. The molecule has 1 aliphatic heterocycles. The van der Waals surface area contributed by atoms with Crippen molar-refractivity contribution >= 4 is 23.8 Å². The predicted octanol–water partition coefficient (Wildman–Crippen LogP) is 2.69. The third kappa shape index (κ3) is 7.32. The highest BCUT2D eigenvalue weighted by Crippen LogP contribution is 2.19. The number of ether oxygens (including phenoxy) is 2. The minimum Gasteiger partial charge on any atom is -0.450 e. The minimum absolute atomic E-state index is 0.0750. The summed E-state index contributed by atoms with van der Waals surface area (Å²) in [5.74, 6) is 0.744. The van der Waals surface area contributed by atoms with Crippen LogP contribution in [0.3, 0.4) is 0 Å². The van der Waals surface area contributed by atoms with E-state index in [0.29, 0.717) is 74.2 Å². The van der Waals surface area contributed by atoms with Crippen molar-refractivity contribution in [3.63, 3.8) is 0 Å². The Morgan fingerprint density at radius 1 is 1.09 bits per heavy atom. The van der Waals surface area contributed by atoms with E-state index < -0.39 is 0 Å². The number of nitrogens with zero attached hydrogens (tertiary/aromatic N) is 4. The Kier molecular flexibility index (Phi) is 10.2. The summed E-state index contributed by atoms with van der Waals surface area (Å²) < 4.78 is 11.9. The number of carbonyl (C=O) groups excluding carboxylic acids is 2. The van der Waals surface area contributed by atoms with E-state index in [0.717, 1.165) is 5.56 Å². The SMILES string of the molecule is CCOC(=O)N1CCN(C(=O)CCCSc2nc(COC)c(Cc3ccccc3)c(=O)n2C)CC1. The average molecular weight is 503 g/mol. The summed E-state index contributed by atoms with van der Waals surface area (Å²) in [5, 5.41) is 0.620. The summed E-state index contributed by atoms with van der Waals surface area (Å²) in [6.45, 7) is 4.40. The number of rotatable bonds is 10. The second kappa shape index (κ2) is 13.3. The van der Waals surface area contributed by atoms with Crippen molar-refractivity contribution < 1.29 is 19.1 Å². The van der Waals surface area contributed by atoms with Crippen molar-refractivity contribution in [1.29, 1.82) is 0 Å². The molecule has 1 saturated heterocycles. The lowest BCUT2D eigenvalue weighted by molar-refractivity contribution is -0.132. The van der Waals surface area contributed by atoms with E-state index in [-0.39, 0.29) is 24.2 Å². The fourth-order valence-corrected chi connectivity index (χ4v) is 4.85. The quantitative estimate of drug-likeness (QED) is 0.280. The molecule has 0 spiro atoms. The van der Waals surface area contributed by atoms with Crippen LogP contribution in [0.4, 0.5) is 4.79 Å². The molecule has 0 bridgehead atoms. The molecule has 2 aromatic rings. The van der Waals surface area contributed by atoms with Crippen LogP contribution in [0.5, 0.6) is 0 Å². The maximum Gasteiger partial charge on any atom is 0.409 e. The molecule has 10 heteroatoms. The number of hydrogen-bond acceptors (Lipinski definition) is 7. The zero-order valence-corrected chi connectivity index (χ0v) is 21.5. The molecule has 1 aliphatic rings. The van der Waals surface area contributed by atoms with Crippen LogP contribution in [-0.2, 0) is 34.3 Å². The molecule has 1 fully saturated rings. The Morgan fingerprint density at radius 3 is 2.43 bits per heavy atom. The van der Waals surface area contributed by atoms with E-state index in [1.807, 2.05) is 30.3 Å². The van der Waals surface area contributed by atoms with Gasteiger partial charge in [0.05, 0.1) is 18.9 Å². The van der Waals surface area contributed by atoms with Crippen LogP contribution in [-0.4, -0.2) is 77.0 Å². The van der Waals surface area contributed by atoms with Crippen LogP contribution in [0, 0.1) is 0 Å². The van der Waals surface area contributed by atoms with Crippen LogP contribution >= 0.6 is 11.8 Å². The topological polar surface area (TPSA) is 94.0 Å². The Labute approximate surface area is 210 Å². The van der Waals surface area contributed by atoms with Gasteiger partial charge in [-0.1, -0.05) is 42.1 Å². The molecular weight excluding hydrogens is 468 g/mol. The summed E-state index contributed by atoms with van der Waals surface area (Å²) in [6.07, 6.45) is 1.26. The van der Waals surface area contributed by atoms with Gasteiger partial charge in [0.25, 0.3) is 5.56 Å². The fraction of sp³-hybridized carbons (Fsp3) is 0.520. The summed E-state index contributed by atoms with van der Waals surface area (Å²) in [7, 11) is 3.33. The Bertz CT molecular complexity index is 1050. The van der Waals surface area contributed by atoms with Gasteiger partial charge in [0.2, 0.25) is 5.91 Å². The largest absolute Gasteiger partial charge is 0.450 e. The second-order valence-electron chi connectivity index (χ2n) is 8.30. The Hall–Kier alpha value is -2.85. The Morgan fingerprint density at radius 2 is 1.77 bits per heavy atom. The van der Waals surface area contributed by atoms with Crippen LogP contribution in [0.15, 0.2) is 40.3 Å². The van der Waals surface area contributed by atoms with Gasteiger partial charge in [0.15, 0.2) is 5.16 Å². The summed E-state index contributed by atoms with van der Waals surface area (Å²) in [5.41, 5.74) is 2.26. The van der Waals surface area contributed by atoms with E-state index in [1.54, 1.807) is 35.4 Å². The molecule has 0 radical (unpaired) electrons. The maximum absolute atomic E-state index is 13.1. The predicted molar refractivity (Wildman–Crippen MR) is 135 cm³/mol. The van der Waals surface area contributed by atoms with Gasteiger partial charge in [0.1, 0.15) is 0 Å². The maximum atomic E-state index is 13.1. The molecule has 0 N–H and O–H groups in total. The third-order valence-corrected chi connectivity index (χ3v) is 6.97. The summed E-state index contributed by atoms with van der Waals surface area (Å²) in [6, 6.07) is 9.84. The van der Waals surface area contributed by atoms with E-state index in [2.05, 4.69) is 0 Å². The smallest absolute Gasteiger partial charge is 0.409 e. The monoisotopic (exact) mass is 502 g/mol. The second-order valence-corrected chi connectivity index (χ2v) is 9.36. The highest BCUT2D eigenvalue weighted by Gasteiger charge is 2.24. The van der Waals surface area contributed by atoms with Crippen molar-refractivity contribution in [2.24, 2.45) is 7.05 Å². The van der Waals surface area contributed by atoms with Crippen LogP contribution in [0.25, 0.3) is 0 Å². The zero-order chi connectivity index (χ0) is 25.2. The lowest BCUT2D eigenvalue weighted by Gasteiger charge is -2.34. The molecule has 2 amide bonds. The third-order valence-electron chi connectivity index (χ3n) is 5.86. The molecule has 9 nitrogen and oxygen atoms in total. The van der Waals surface area contributed by atoms with Gasteiger partial charge in [-0.15, -0.1) is 0 Å². The van der Waals surface area contributed by atoms with Gasteiger partial charge in [-0.25, -0.2) is 9.78 Å². The highest BCUT2D eigenvalue weighted by molar-refractivity contribution is 7.99. The van der Waals surface area contributed by atoms with Gasteiger partial charge < -0.3 is 19.3 Å². The van der Waals surface area contributed by atoms with E-state index in [9.17, 15) is 14.4 Å². The normalized spacial score (nSPS) is 13.7. The van der Waals surface area contributed by atoms with Crippen molar-refractivity contribution in [3.8, 4) is 0 Å². The van der Waals surface area contributed by atoms with Gasteiger partial charge in [-0.3, -0.25) is 14.2 Å². The number of aromatic nitrogens is 2. The number of thioether (sulfide) groups is 1. The Balaban J connectivity index is 1.54. The highest BCUT2D eigenvalue weighted by atomic mass is 32.2. The average Bonchev–Trinajstić information content (AvgIpc) is 2.87. The molecule has 1 aromatic carbocycles. The number of hydrogen-bond donors (Lipinski definition) is 0. The van der Waals surface area contributed by atoms with Gasteiger partial charge in [-0.05, 0) is 18.9 Å². The van der Waals surface area contributed by atoms with Crippen molar-refractivity contribution in [3.05, 3.63) is 57.5 Å².